The molecule has 0 unspecified atom stereocenters. The zero-order valence-electron chi connectivity index (χ0n) is 25.8. The van der Waals surface area contributed by atoms with Crippen molar-refractivity contribution in [2.45, 2.75) is 63.6 Å². The first-order valence-corrected chi connectivity index (χ1v) is 18.1. The molecule has 9 nitrogen and oxygen atoms in total. The predicted molar refractivity (Wildman–Crippen MR) is 180 cm³/mol. The van der Waals surface area contributed by atoms with E-state index in [-0.39, 0.29) is 43.8 Å². The Labute approximate surface area is 280 Å². The number of nitrogens with zero attached hydrogens (tertiary/aromatic N) is 2. The van der Waals surface area contributed by atoms with Gasteiger partial charge in [0.2, 0.25) is 21.8 Å². The van der Waals surface area contributed by atoms with Crippen LogP contribution in [0.1, 0.15) is 49.7 Å². The summed E-state index contributed by atoms with van der Waals surface area (Å²) in [7, 11) is -3.69. The molecular formula is C34H39Cl2N3O6S. The van der Waals surface area contributed by atoms with Crippen molar-refractivity contribution < 1.29 is 27.5 Å². The normalized spacial score (nSPS) is 15.3. The molecule has 1 saturated carbocycles. The number of halogens is 2. The van der Waals surface area contributed by atoms with Gasteiger partial charge in [0.05, 0.1) is 11.9 Å². The van der Waals surface area contributed by atoms with Gasteiger partial charge in [0.25, 0.3) is 0 Å². The minimum Gasteiger partial charge on any atom is -0.486 e. The second-order valence-corrected chi connectivity index (χ2v) is 14.5. The Kier molecular flexibility index (Phi) is 11.4. The highest BCUT2D eigenvalue weighted by Crippen LogP contribution is 2.35. The van der Waals surface area contributed by atoms with E-state index < -0.39 is 16.1 Å². The van der Waals surface area contributed by atoms with Crippen molar-refractivity contribution in [2.24, 2.45) is 0 Å². The van der Waals surface area contributed by atoms with Gasteiger partial charge in [0.1, 0.15) is 19.3 Å². The summed E-state index contributed by atoms with van der Waals surface area (Å²) in [5, 5.41) is 4.04. The summed E-state index contributed by atoms with van der Waals surface area (Å²) in [6.07, 6.45) is 5.57. The van der Waals surface area contributed by atoms with E-state index in [1.807, 2.05) is 30.3 Å². The third-order valence-electron chi connectivity index (χ3n) is 8.29. The van der Waals surface area contributed by atoms with Crippen LogP contribution in [0.25, 0.3) is 0 Å². The van der Waals surface area contributed by atoms with E-state index in [0.717, 1.165) is 37.5 Å². The van der Waals surface area contributed by atoms with Crippen LogP contribution in [0.15, 0.2) is 66.7 Å². The molecule has 1 heterocycles. The molecule has 0 radical (unpaired) electrons. The molecule has 0 spiro atoms. The van der Waals surface area contributed by atoms with E-state index in [0.29, 0.717) is 52.4 Å². The molecular weight excluding hydrogens is 649 g/mol. The molecule has 12 heteroatoms. The Morgan fingerprint density at radius 2 is 1.67 bits per heavy atom. The third kappa shape index (κ3) is 8.86. The number of nitrogens with one attached hydrogen (secondary N) is 1. The van der Waals surface area contributed by atoms with Crippen LogP contribution >= 0.6 is 23.2 Å². The number of rotatable bonds is 13. The van der Waals surface area contributed by atoms with E-state index >= 15 is 0 Å². The fourth-order valence-electron chi connectivity index (χ4n) is 5.95. The molecule has 46 heavy (non-hydrogen) atoms. The Morgan fingerprint density at radius 3 is 2.37 bits per heavy atom. The van der Waals surface area contributed by atoms with Crippen LogP contribution in [-0.2, 0) is 32.6 Å². The maximum atomic E-state index is 14.1. The van der Waals surface area contributed by atoms with Gasteiger partial charge in [-0.3, -0.25) is 13.9 Å². The number of sulfonamides is 1. The fourth-order valence-corrected chi connectivity index (χ4v) is 7.37. The third-order valence-corrected chi connectivity index (χ3v) is 10.1. The number of benzene rings is 3. The van der Waals surface area contributed by atoms with Crippen molar-refractivity contribution in [3.05, 3.63) is 87.9 Å². The lowest BCUT2D eigenvalue weighted by Crippen LogP contribution is -2.52. The van der Waals surface area contributed by atoms with Gasteiger partial charge in [-0.25, -0.2) is 8.42 Å². The number of ether oxygens (including phenoxy) is 2. The molecule has 0 saturated heterocycles. The number of anilines is 1. The highest BCUT2D eigenvalue weighted by atomic mass is 35.5. The summed E-state index contributed by atoms with van der Waals surface area (Å²) >= 11 is 12.7. The van der Waals surface area contributed by atoms with Gasteiger partial charge in [-0.2, -0.15) is 0 Å². The average Bonchev–Trinajstić information content (AvgIpc) is 3.54. The maximum Gasteiger partial charge on any atom is 0.243 e. The number of fused-ring (bicyclic) bond motifs is 1. The molecule has 1 aliphatic carbocycles. The van der Waals surface area contributed by atoms with Crippen molar-refractivity contribution in [1.82, 2.24) is 10.2 Å². The summed E-state index contributed by atoms with van der Waals surface area (Å²) in [6.45, 7) is 0.932. The standard InChI is InChI=1S/C34H39Cl2N3O6S/c1-46(42,43)39(28-15-16-31-32(22-28)45-19-18-44-31)17-7-12-33(40)38(23-25-13-14-26(35)21-29(25)36)30(20-24-8-3-2-4-9-24)34(41)37-27-10-5-6-11-27/h2-4,8-9,13-16,21-22,27,30H,5-7,10-12,17-20,23H2,1H3,(H,37,41)/t30-/m1/s1. The average molecular weight is 689 g/mol. The minimum atomic E-state index is -3.69. The van der Waals surface area contributed by atoms with Gasteiger partial charge in [0.15, 0.2) is 11.5 Å². The summed E-state index contributed by atoms with van der Waals surface area (Å²) in [5.41, 5.74) is 1.98. The highest BCUT2D eigenvalue weighted by Gasteiger charge is 2.33. The molecule has 0 aromatic heterocycles. The van der Waals surface area contributed by atoms with Gasteiger partial charge in [-0.15, -0.1) is 0 Å². The summed E-state index contributed by atoms with van der Waals surface area (Å²) in [6, 6.07) is 18.9. The zero-order chi connectivity index (χ0) is 32.7. The molecule has 2 amide bonds. The van der Waals surface area contributed by atoms with Gasteiger partial charge in [0, 0.05) is 48.1 Å². The van der Waals surface area contributed by atoms with Crippen LogP contribution in [0.2, 0.25) is 10.0 Å². The first kappa shape index (κ1) is 33.9. The Balaban J connectivity index is 1.39. The first-order valence-electron chi connectivity index (χ1n) is 15.5. The van der Waals surface area contributed by atoms with Crippen LogP contribution in [0.3, 0.4) is 0 Å². The van der Waals surface area contributed by atoms with Crippen LogP contribution in [0, 0.1) is 0 Å². The van der Waals surface area contributed by atoms with Crippen LogP contribution < -0.4 is 19.1 Å². The molecule has 2 aliphatic rings. The van der Waals surface area contributed by atoms with Gasteiger partial charge >= 0.3 is 0 Å². The molecule has 3 aromatic rings. The number of amides is 2. The molecule has 1 atom stereocenters. The Hall–Kier alpha value is -3.47. The van der Waals surface area contributed by atoms with Crippen molar-refractivity contribution in [3.8, 4) is 11.5 Å². The van der Waals surface area contributed by atoms with Crippen molar-refractivity contribution in [1.29, 1.82) is 0 Å². The molecule has 1 fully saturated rings. The van der Waals surface area contributed by atoms with E-state index in [2.05, 4.69) is 5.32 Å². The second kappa shape index (κ2) is 15.4. The number of carbonyl (C=O) groups excluding carboxylic acids is 2. The van der Waals surface area contributed by atoms with Crippen LogP contribution in [0.4, 0.5) is 5.69 Å². The van der Waals surface area contributed by atoms with Gasteiger partial charge in [-0.05, 0) is 54.7 Å². The highest BCUT2D eigenvalue weighted by molar-refractivity contribution is 7.92. The lowest BCUT2D eigenvalue weighted by molar-refractivity contribution is -0.141. The zero-order valence-corrected chi connectivity index (χ0v) is 28.1. The van der Waals surface area contributed by atoms with Gasteiger partial charge in [-0.1, -0.05) is 72.4 Å². The van der Waals surface area contributed by atoms with Crippen LogP contribution in [-0.4, -0.2) is 63.2 Å². The Bertz CT molecular complexity index is 1630. The monoisotopic (exact) mass is 687 g/mol. The van der Waals surface area contributed by atoms with Gasteiger partial charge < -0.3 is 19.7 Å². The largest absolute Gasteiger partial charge is 0.486 e. The molecule has 246 valence electrons. The van der Waals surface area contributed by atoms with Crippen LogP contribution in [0.5, 0.6) is 11.5 Å². The van der Waals surface area contributed by atoms with Crippen molar-refractivity contribution >= 4 is 50.7 Å². The first-order chi connectivity index (χ1) is 22.1. The molecule has 0 bridgehead atoms. The molecule has 5 rings (SSSR count). The minimum absolute atomic E-state index is 0.00375. The van der Waals surface area contributed by atoms with E-state index in [9.17, 15) is 18.0 Å². The molecule has 1 N–H and O–H groups in total. The number of hydrogen-bond donors (Lipinski definition) is 1. The lowest BCUT2D eigenvalue weighted by Gasteiger charge is -2.33. The van der Waals surface area contributed by atoms with Crippen molar-refractivity contribution in [2.75, 3.05) is 30.3 Å². The van der Waals surface area contributed by atoms with E-state index in [1.165, 1.54) is 4.31 Å². The quantitative estimate of drug-likeness (QED) is 0.236. The summed E-state index contributed by atoms with van der Waals surface area (Å²) in [5.74, 6) is 0.513. The molecule has 1 aliphatic heterocycles. The Morgan fingerprint density at radius 1 is 0.957 bits per heavy atom. The fraction of sp³-hybridized carbons (Fsp3) is 0.412. The number of carbonyl (C=O) groups is 2. The summed E-state index contributed by atoms with van der Waals surface area (Å²) < 4.78 is 38.2. The lowest BCUT2D eigenvalue weighted by atomic mass is 10.0. The number of hydrogen-bond acceptors (Lipinski definition) is 6. The molecule has 3 aromatic carbocycles. The van der Waals surface area contributed by atoms with E-state index in [4.69, 9.17) is 32.7 Å². The SMILES string of the molecule is CS(=O)(=O)N(CCCC(=O)N(Cc1ccc(Cl)cc1Cl)[C@H](Cc1ccccc1)C(=O)NC1CCCC1)c1ccc2c(c1)OCCO2. The maximum absolute atomic E-state index is 14.1. The predicted octanol–water partition coefficient (Wildman–Crippen LogP) is 6.01. The van der Waals surface area contributed by atoms with E-state index in [1.54, 1.807) is 41.3 Å². The smallest absolute Gasteiger partial charge is 0.243 e. The van der Waals surface area contributed by atoms with Crippen molar-refractivity contribution in [3.63, 3.8) is 0 Å². The summed E-state index contributed by atoms with van der Waals surface area (Å²) in [4.78, 5) is 29.6. The topological polar surface area (TPSA) is 105 Å². The second-order valence-electron chi connectivity index (χ2n) is 11.7.